The number of nitro groups is 1. The van der Waals surface area contributed by atoms with E-state index in [1.807, 2.05) is 6.92 Å². The van der Waals surface area contributed by atoms with E-state index in [2.05, 4.69) is 9.97 Å². The molecule has 18 heavy (non-hydrogen) atoms. The van der Waals surface area contributed by atoms with Gasteiger partial charge in [0.05, 0.1) is 17.1 Å². The molecule has 0 aliphatic rings. The van der Waals surface area contributed by atoms with Crippen LogP contribution in [0.4, 0.5) is 5.69 Å². The van der Waals surface area contributed by atoms with Crippen molar-refractivity contribution < 1.29 is 4.92 Å². The standard InChI is InChI=1S/C11H11ClN4O2/c1-2-3-10-13-4-5-15(10)11-7-8(16(17)18)6-9(12)14-11/h4-7H,2-3H2,1H3. The van der Waals surface area contributed by atoms with Crippen LogP contribution < -0.4 is 0 Å². The van der Waals surface area contributed by atoms with Crippen molar-refractivity contribution in [2.24, 2.45) is 0 Å². The first-order chi connectivity index (χ1) is 8.61. The summed E-state index contributed by atoms with van der Waals surface area (Å²) in [6, 6.07) is 2.61. The lowest BCUT2D eigenvalue weighted by atomic mass is 10.3. The van der Waals surface area contributed by atoms with Crippen LogP contribution in [0, 0.1) is 10.1 Å². The van der Waals surface area contributed by atoms with Gasteiger partial charge in [0.25, 0.3) is 5.69 Å². The SMILES string of the molecule is CCCc1nccn1-c1cc([N+](=O)[O-])cc(Cl)n1. The number of imidazole rings is 1. The van der Waals surface area contributed by atoms with E-state index in [4.69, 9.17) is 11.6 Å². The third-order valence-electron chi connectivity index (χ3n) is 2.41. The highest BCUT2D eigenvalue weighted by Crippen LogP contribution is 2.21. The smallest absolute Gasteiger partial charge is 0.276 e. The molecule has 6 nitrogen and oxygen atoms in total. The third-order valence-corrected chi connectivity index (χ3v) is 2.61. The topological polar surface area (TPSA) is 73.8 Å². The van der Waals surface area contributed by atoms with Crippen LogP contribution in [0.15, 0.2) is 24.5 Å². The summed E-state index contributed by atoms with van der Waals surface area (Å²) < 4.78 is 1.71. The highest BCUT2D eigenvalue weighted by molar-refractivity contribution is 6.29. The van der Waals surface area contributed by atoms with Crippen LogP contribution in [0.1, 0.15) is 19.2 Å². The van der Waals surface area contributed by atoms with Crippen molar-refractivity contribution in [3.63, 3.8) is 0 Å². The van der Waals surface area contributed by atoms with E-state index in [1.54, 1.807) is 17.0 Å². The first kappa shape index (κ1) is 12.5. The molecule has 0 saturated heterocycles. The lowest BCUT2D eigenvalue weighted by Crippen LogP contribution is -2.03. The van der Waals surface area contributed by atoms with Crippen molar-refractivity contribution in [1.82, 2.24) is 14.5 Å². The Morgan fingerprint density at radius 1 is 1.50 bits per heavy atom. The molecule has 7 heteroatoms. The van der Waals surface area contributed by atoms with Gasteiger partial charge in [0, 0.05) is 18.8 Å². The largest absolute Gasteiger partial charge is 0.288 e. The summed E-state index contributed by atoms with van der Waals surface area (Å²) in [6.45, 7) is 2.03. The lowest BCUT2D eigenvalue weighted by Gasteiger charge is -2.06. The first-order valence-electron chi connectivity index (χ1n) is 5.46. The van der Waals surface area contributed by atoms with Crippen molar-refractivity contribution in [3.05, 3.63) is 45.6 Å². The van der Waals surface area contributed by atoms with Crippen LogP contribution in [0.2, 0.25) is 5.15 Å². The Balaban J connectivity index is 2.49. The van der Waals surface area contributed by atoms with Gasteiger partial charge in [0.2, 0.25) is 0 Å². The zero-order chi connectivity index (χ0) is 13.1. The van der Waals surface area contributed by atoms with Gasteiger partial charge in [-0.15, -0.1) is 0 Å². The van der Waals surface area contributed by atoms with E-state index in [0.29, 0.717) is 5.82 Å². The van der Waals surface area contributed by atoms with Crippen molar-refractivity contribution in [3.8, 4) is 5.82 Å². The first-order valence-corrected chi connectivity index (χ1v) is 5.84. The Morgan fingerprint density at radius 3 is 2.94 bits per heavy atom. The van der Waals surface area contributed by atoms with Gasteiger partial charge in [-0.3, -0.25) is 14.7 Å². The normalized spacial score (nSPS) is 10.6. The fraction of sp³-hybridized carbons (Fsp3) is 0.273. The maximum absolute atomic E-state index is 10.8. The Bertz CT molecular complexity index is 582. The maximum Gasteiger partial charge on any atom is 0.276 e. The minimum atomic E-state index is -0.493. The van der Waals surface area contributed by atoms with Crippen molar-refractivity contribution in [1.29, 1.82) is 0 Å². The Morgan fingerprint density at radius 2 is 2.28 bits per heavy atom. The van der Waals surface area contributed by atoms with Gasteiger partial charge < -0.3 is 0 Å². The monoisotopic (exact) mass is 266 g/mol. The van der Waals surface area contributed by atoms with Crippen LogP contribution in [0.3, 0.4) is 0 Å². The number of pyridine rings is 1. The zero-order valence-corrected chi connectivity index (χ0v) is 10.5. The zero-order valence-electron chi connectivity index (χ0n) is 9.71. The number of nitrogens with zero attached hydrogens (tertiary/aromatic N) is 4. The van der Waals surface area contributed by atoms with Gasteiger partial charge in [-0.25, -0.2) is 9.97 Å². The van der Waals surface area contributed by atoms with Gasteiger partial charge in [-0.05, 0) is 6.42 Å². The Hall–Kier alpha value is -1.95. The molecule has 0 aromatic carbocycles. The average molecular weight is 267 g/mol. The molecule has 0 amide bonds. The predicted octanol–water partition coefficient (Wildman–Crippen LogP) is 2.78. The summed E-state index contributed by atoms with van der Waals surface area (Å²) in [7, 11) is 0. The molecule has 0 saturated carbocycles. The van der Waals surface area contributed by atoms with E-state index in [-0.39, 0.29) is 10.8 Å². The lowest BCUT2D eigenvalue weighted by molar-refractivity contribution is -0.384. The molecule has 0 bridgehead atoms. The molecule has 0 N–H and O–H groups in total. The van der Waals surface area contributed by atoms with Gasteiger partial charge in [0.15, 0.2) is 0 Å². The molecule has 94 valence electrons. The summed E-state index contributed by atoms with van der Waals surface area (Å²) in [4.78, 5) is 18.6. The van der Waals surface area contributed by atoms with E-state index in [1.165, 1.54) is 12.1 Å². The molecule has 0 aliphatic carbocycles. The van der Waals surface area contributed by atoms with Gasteiger partial charge in [-0.1, -0.05) is 18.5 Å². The molecule has 0 atom stereocenters. The molecule has 0 unspecified atom stereocenters. The fourth-order valence-electron chi connectivity index (χ4n) is 1.65. The third kappa shape index (κ3) is 2.48. The van der Waals surface area contributed by atoms with E-state index >= 15 is 0 Å². The summed E-state index contributed by atoms with van der Waals surface area (Å²) in [5.74, 6) is 1.22. The quantitative estimate of drug-likeness (QED) is 0.484. The van der Waals surface area contributed by atoms with Crippen LogP contribution in [-0.2, 0) is 6.42 Å². The number of hydrogen-bond donors (Lipinski definition) is 0. The molecular formula is C11H11ClN4O2. The number of halogens is 1. The van der Waals surface area contributed by atoms with Crippen LogP contribution in [0.5, 0.6) is 0 Å². The molecule has 0 fully saturated rings. The predicted molar refractivity (Wildman–Crippen MR) is 67.0 cm³/mol. The molecule has 0 radical (unpaired) electrons. The average Bonchev–Trinajstić information content (AvgIpc) is 2.77. The van der Waals surface area contributed by atoms with Crippen LogP contribution in [0.25, 0.3) is 5.82 Å². The van der Waals surface area contributed by atoms with Crippen molar-refractivity contribution in [2.45, 2.75) is 19.8 Å². The number of aryl methyl sites for hydroxylation is 1. The van der Waals surface area contributed by atoms with Crippen LogP contribution in [-0.4, -0.2) is 19.5 Å². The number of hydrogen-bond acceptors (Lipinski definition) is 4. The molecule has 2 aromatic heterocycles. The van der Waals surface area contributed by atoms with E-state index < -0.39 is 4.92 Å². The second-order valence-electron chi connectivity index (χ2n) is 3.73. The molecule has 2 heterocycles. The van der Waals surface area contributed by atoms with E-state index in [0.717, 1.165) is 18.7 Å². The second-order valence-corrected chi connectivity index (χ2v) is 4.11. The Labute approximate surface area is 108 Å². The summed E-state index contributed by atoms with van der Waals surface area (Å²) >= 11 is 5.79. The number of aromatic nitrogens is 3. The van der Waals surface area contributed by atoms with Gasteiger partial charge in [0.1, 0.15) is 16.8 Å². The second kappa shape index (κ2) is 5.14. The van der Waals surface area contributed by atoms with Crippen molar-refractivity contribution >= 4 is 17.3 Å². The van der Waals surface area contributed by atoms with E-state index in [9.17, 15) is 10.1 Å². The van der Waals surface area contributed by atoms with Crippen LogP contribution >= 0.6 is 11.6 Å². The molecular weight excluding hydrogens is 256 g/mol. The number of rotatable bonds is 4. The highest BCUT2D eigenvalue weighted by atomic mass is 35.5. The minimum Gasteiger partial charge on any atom is -0.288 e. The fourth-order valence-corrected chi connectivity index (χ4v) is 1.85. The van der Waals surface area contributed by atoms with Gasteiger partial charge >= 0.3 is 0 Å². The molecule has 2 aromatic rings. The molecule has 0 aliphatic heterocycles. The minimum absolute atomic E-state index is 0.0823. The van der Waals surface area contributed by atoms with Gasteiger partial charge in [-0.2, -0.15) is 0 Å². The molecule has 2 rings (SSSR count). The Kier molecular flexibility index (Phi) is 3.57. The summed E-state index contributed by atoms with van der Waals surface area (Å²) in [5.41, 5.74) is -0.0823. The highest BCUT2D eigenvalue weighted by Gasteiger charge is 2.13. The summed E-state index contributed by atoms with van der Waals surface area (Å²) in [5, 5.41) is 10.9. The maximum atomic E-state index is 10.8. The van der Waals surface area contributed by atoms with Crippen molar-refractivity contribution in [2.75, 3.05) is 0 Å². The summed E-state index contributed by atoms with van der Waals surface area (Å²) in [6.07, 6.45) is 5.06. The molecule has 0 spiro atoms.